The second-order valence-electron chi connectivity index (χ2n) is 12.0. The zero-order chi connectivity index (χ0) is 30.4. The number of aromatic nitrogens is 5. The quantitative estimate of drug-likeness (QED) is 0.322. The molecule has 1 N–H and O–H groups in total. The van der Waals surface area contributed by atoms with Crippen molar-refractivity contribution in [3.63, 3.8) is 0 Å². The highest BCUT2D eigenvalue weighted by Gasteiger charge is 2.31. The van der Waals surface area contributed by atoms with Gasteiger partial charge < -0.3 is 19.1 Å². The Balaban J connectivity index is 1.40. The molecule has 0 unspecified atom stereocenters. The summed E-state index contributed by atoms with van der Waals surface area (Å²) in [6.45, 7) is 3.57. The van der Waals surface area contributed by atoms with E-state index in [-0.39, 0.29) is 36.5 Å². The predicted octanol–water partition coefficient (Wildman–Crippen LogP) is 4.89. The van der Waals surface area contributed by atoms with Crippen LogP contribution in [0.1, 0.15) is 43.2 Å². The average molecular weight is 608 g/mol. The normalized spacial score (nSPS) is 23.1. The molecule has 0 aliphatic carbocycles. The molecule has 11 nitrogen and oxygen atoms in total. The van der Waals surface area contributed by atoms with Crippen molar-refractivity contribution in [1.29, 1.82) is 0 Å². The summed E-state index contributed by atoms with van der Waals surface area (Å²) in [7, 11) is 1.85. The molecule has 3 atom stereocenters. The van der Waals surface area contributed by atoms with Crippen LogP contribution in [0.2, 0.25) is 0 Å². The zero-order valence-corrected chi connectivity index (χ0v) is 24.8. The summed E-state index contributed by atoms with van der Waals surface area (Å²) in [5.41, 5.74) is 3.40. The number of H-pyrrole nitrogens is 1. The summed E-state index contributed by atoms with van der Waals surface area (Å²) >= 11 is 0. The smallest absolute Gasteiger partial charge is 0.462 e. The van der Waals surface area contributed by atoms with Crippen LogP contribution >= 0.6 is 0 Å². The Kier molecular flexibility index (Phi) is 7.65. The highest BCUT2D eigenvalue weighted by Crippen LogP contribution is 2.38. The SMILES string of the molecule is Cc1cc2[nH]ncc2c2c1CCCOC(=O)O[C@@H]1CCCCN(C1)c1nc(OC[C@@H]3C[C@@H](F)CN3C)nc3c(F)c-2ncc13. The maximum atomic E-state index is 16.9. The third kappa shape index (κ3) is 5.37. The fourth-order valence-corrected chi connectivity index (χ4v) is 6.71. The number of pyridine rings is 1. The lowest BCUT2D eigenvalue weighted by molar-refractivity contribution is 0.0234. The van der Waals surface area contributed by atoms with Crippen LogP contribution in [0.4, 0.5) is 19.4 Å². The van der Waals surface area contributed by atoms with Gasteiger partial charge in [-0.05, 0) is 69.7 Å². The van der Waals surface area contributed by atoms with E-state index in [2.05, 4.69) is 20.2 Å². The molecule has 0 amide bonds. The van der Waals surface area contributed by atoms with Crippen molar-refractivity contribution < 1.29 is 27.8 Å². The number of carbonyl (C=O) groups excluding carboxylic acids is 1. The van der Waals surface area contributed by atoms with Gasteiger partial charge in [-0.25, -0.2) is 13.6 Å². The maximum Gasteiger partial charge on any atom is 0.508 e. The molecule has 4 aliphatic rings. The maximum absolute atomic E-state index is 16.9. The lowest BCUT2D eigenvalue weighted by Crippen LogP contribution is -2.35. The number of carbonyl (C=O) groups is 1. The summed E-state index contributed by atoms with van der Waals surface area (Å²) in [4.78, 5) is 30.6. The molecule has 0 radical (unpaired) electrons. The van der Waals surface area contributed by atoms with Gasteiger partial charge in [0.15, 0.2) is 5.82 Å². The van der Waals surface area contributed by atoms with E-state index < -0.39 is 24.2 Å². The van der Waals surface area contributed by atoms with Crippen LogP contribution in [0.5, 0.6) is 6.01 Å². The largest absolute Gasteiger partial charge is 0.508 e. The van der Waals surface area contributed by atoms with Gasteiger partial charge in [-0.3, -0.25) is 15.0 Å². The first kappa shape index (κ1) is 28.6. The summed E-state index contributed by atoms with van der Waals surface area (Å²) in [6.07, 6.45) is 4.91. The second-order valence-corrected chi connectivity index (χ2v) is 12.0. The number of aromatic amines is 1. The summed E-state index contributed by atoms with van der Waals surface area (Å²) in [5.74, 6) is -0.145. The van der Waals surface area contributed by atoms with E-state index in [1.165, 1.54) is 0 Å². The Morgan fingerprint density at radius 1 is 1.16 bits per heavy atom. The number of rotatable bonds is 3. The fourth-order valence-electron chi connectivity index (χ4n) is 6.71. The molecule has 7 heterocycles. The van der Waals surface area contributed by atoms with E-state index >= 15 is 4.39 Å². The minimum Gasteiger partial charge on any atom is -0.462 e. The van der Waals surface area contributed by atoms with E-state index in [0.29, 0.717) is 62.1 Å². The molecule has 1 aromatic carbocycles. The van der Waals surface area contributed by atoms with Gasteiger partial charge in [0.2, 0.25) is 0 Å². The Labute approximate surface area is 252 Å². The van der Waals surface area contributed by atoms with Crippen LogP contribution in [-0.4, -0.2) is 94.4 Å². The summed E-state index contributed by atoms with van der Waals surface area (Å²) in [6, 6.07) is 1.82. The molecule has 0 saturated carbocycles. The number of benzene rings is 1. The molecule has 8 rings (SSSR count). The Hall–Kier alpha value is -4.13. The first-order valence-electron chi connectivity index (χ1n) is 15.2. The van der Waals surface area contributed by atoms with Gasteiger partial charge in [-0.2, -0.15) is 15.1 Å². The first-order valence-corrected chi connectivity index (χ1v) is 15.2. The lowest BCUT2D eigenvalue weighted by atomic mass is 9.92. The molecule has 44 heavy (non-hydrogen) atoms. The van der Waals surface area contributed by atoms with Crippen molar-refractivity contribution in [2.75, 3.05) is 44.8 Å². The van der Waals surface area contributed by atoms with Gasteiger partial charge in [0.1, 0.15) is 35.9 Å². The molecular weight excluding hydrogens is 572 g/mol. The van der Waals surface area contributed by atoms with Crippen molar-refractivity contribution in [1.82, 2.24) is 30.0 Å². The van der Waals surface area contributed by atoms with Crippen molar-refractivity contribution in [2.45, 2.75) is 63.8 Å². The minimum atomic E-state index is -0.927. The lowest BCUT2D eigenvalue weighted by Gasteiger charge is -2.27. The molecule has 4 aliphatic heterocycles. The number of hydrogen-bond acceptors (Lipinski definition) is 10. The third-order valence-electron chi connectivity index (χ3n) is 8.98. The molecule has 2 saturated heterocycles. The van der Waals surface area contributed by atoms with Gasteiger partial charge in [0.05, 0.1) is 30.3 Å². The number of alkyl halides is 1. The van der Waals surface area contributed by atoms with Gasteiger partial charge >= 0.3 is 12.2 Å². The Morgan fingerprint density at radius 3 is 2.89 bits per heavy atom. The number of hydrogen-bond donors (Lipinski definition) is 1. The van der Waals surface area contributed by atoms with Crippen molar-refractivity contribution in [3.05, 3.63) is 35.4 Å². The summed E-state index contributed by atoms with van der Waals surface area (Å²) < 4.78 is 48.2. The van der Waals surface area contributed by atoms with E-state index in [4.69, 9.17) is 19.2 Å². The number of anilines is 1. The molecule has 3 aromatic heterocycles. The molecular formula is C31H35F2N7O4. The highest BCUT2D eigenvalue weighted by atomic mass is 19.1. The van der Waals surface area contributed by atoms with Crippen LogP contribution in [0.15, 0.2) is 18.5 Å². The number of fused-ring (bicyclic) bond motifs is 7. The van der Waals surface area contributed by atoms with E-state index in [0.717, 1.165) is 34.9 Å². The number of nitrogens with zero attached hydrogens (tertiary/aromatic N) is 6. The topological polar surface area (TPSA) is 119 Å². The van der Waals surface area contributed by atoms with Gasteiger partial charge in [-0.15, -0.1) is 0 Å². The molecule has 0 spiro atoms. The molecule has 232 valence electrons. The Morgan fingerprint density at radius 2 is 2.05 bits per heavy atom. The van der Waals surface area contributed by atoms with Crippen LogP contribution in [0, 0.1) is 12.7 Å². The molecule has 4 aromatic rings. The third-order valence-corrected chi connectivity index (χ3v) is 8.98. The predicted molar refractivity (Wildman–Crippen MR) is 159 cm³/mol. The first-order chi connectivity index (χ1) is 21.4. The van der Waals surface area contributed by atoms with Gasteiger partial charge in [-0.1, -0.05) is 0 Å². The number of likely N-dealkylation sites (N-methyl/N-ethyl adjacent to an activating group) is 1. The summed E-state index contributed by atoms with van der Waals surface area (Å²) in [5, 5.41) is 8.35. The standard InChI is InChI=1S/C31H35F2N7O4/c1-17-10-24-22(13-35-38-24)25-21(17)7-5-9-42-31(41)44-20-6-3-4-8-40(15-20)29-23-12-34-28(25)26(33)27(23)36-30(37-29)43-16-19-11-18(32)14-39(19)2/h10,12-13,18-20H,3-9,11,14-16H2,1-2H3,(H,35,38)/t18-,19+,20-/m1/s1. The molecule has 6 bridgehead atoms. The minimum absolute atomic E-state index is 0.000534. The average Bonchev–Trinajstić information content (AvgIpc) is 3.51. The van der Waals surface area contributed by atoms with Crippen LogP contribution in [0.3, 0.4) is 0 Å². The number of likely N-dealkylation sites (tertiary alicyclic amines) is 1. The fraction of sp³-hybridized carbons (Fsp3) is 0.516. The van der Waals surface area contributed by atoms with Crippen LogP contribution in [0.25, 0.3) is 33.1 Å². The van der Waals surface area contributed by atoms with E-state index in [1.54, 1.807) is 12.4 Å². The van der Waals surface area contributed by atoms with Crippen LogP contribution < -0.4 is 9.64 Å². The number of nitrogens with one attached hydrogen (secondary N) is 1. The van der Waals surface area contributed by atoms with Crippen molar-refractivity contribution >= 4 is 33.8 Å². The second kappa shape index (κ2) is 11.8. The zero-order valence-electron chi connectivity index (χ0n) is 24.8. The molecule has 13 heteroatoms. The number of aryl methyl sites for hydroxylation is 1. The van der Waals surface area contributed by atoms with Crippen molar-refractivity contribution in [3.8, 4) is 17.3 Å². The van der Waals surface area contributed by atoms with Crippen molar-refractivity contribution in [2.24, 2.45) is 0 Å². The highest BCUT2D eigenvalue weighted by molar-refractivity contribution is 5.99. The van der Waals surface area contributed by atoms with Gasteiger partial charge in [0.25, 0.3) is 0 Å². The number of ether oxygens (including phenoxy) is 3. The van der Waals surface area contributed by atoms with E-state index in [1.807, 2.05) is 29.8 Å². The monoisotopic (exact) mass is 607 g/mol. The van der Waals surface area contributed by atoms with Crippen LogP contribution in [-0.2, 0) is 15.9 Å². The Bertz CT molecular complexity index is 1720. The molecule has 2 fully saturated rings. The van der Waals surface area contributed by atoms with E-state index in [9.17, 15) is 9.18 Å². The van der Waals surface area contributed by atoms with Gasteiger partial charge in [0, 0.05) is 36.3 Å². The number of halogens is 2.